The van der Waals surface area contributed by atoms with Crippen LogP contribution in [0.3, 0.4) is 0 Å². The Bertz CT molecular complexity index is 721. The molecule has 0 bridgehead atoms. The van der Waals surface area contributed by atoms with E-state index >= 15 is 0 Å². The predicted molar refractivity (Wildman–Crippen MR) is 75.0 cm³/mol. The first kappa shape index (κ1) is 11.5. The van der Waals surface area contributed by atoms with Gasteiger partial charge in [0.2, 0.25) is 0 Å². The van der Waals surface area contributed by atoms with Crippen molar-refractivity contribution in [2.24, 2.45) is 0 Å². The molecule has 2 aromatic carbocycles. The van der Waals surface area contributed by atoms with Crippen molar-refractivity contribution in [2.75, 3.05) is 0 Å². The monoisotopic (exact) mass is 274 g/mol. The van der Waals surface area contributed by atoms with Gasteiger partial charge in [-0.15, -0.1) is 0 Å². The van der Waals surface area contributed by atoms with E-state index in [2.05, 4.69) is 9.97 Å². The Morgan fingerprint density at radius 2 is 1.67 bits per heavy atom. The van der Waals surface area contributed by atoms with Crippen LogP contribution in [-0.4, -0.2) is 9.97 Å². The van der Waals surface area contributed by atoms with Gasteiger partial charge < -0.3 is 0 Å². The highest BCUT2D eigenvalue weighted by molar-refractivity contribution is 6.43. The van der Waals surface area contributed by atoms with Gasteiger partial charge in [-0.1, -0.05) is 53.5 Å². The molecule has 0 N–H and O–H groups in total. The minimum absolute atomic E-state index is 0.517. The van der Waals surface area contributed by atoms with Crippen LogP contribution in [0.5, 0.6) is 0 Å². The van der Waals surface area contributed by atoms with Crippen LogP contribution in [0.2, 0.25) is 10.0 Å². The zero-order valence-electron chi connectivity index (χ0n) is 9.27. The Morgan fingerprint density at radius 3 is 2.56 bits per heavy atom. The summed E-state index contributed by atoms with van der Waals surface area (Å²) in [7, 11) is 0. The molecular weight excluding hydrogens is 267 g/mol. The number of benzene rings is 2. The van der Waals surface area contributed by atoms with Gasteiger partial charge in [0.05, 0.1) is 21.3 Å². The zero-order valence-corrected chi connectivity index (χ0v) is 10.8. The maximum Gasteiger partial charge on any atom is 0.116 e. The van der Waals surface area contributed by atoms with Crippen molar-refractivity contribution >= 4 is 34.1 Å². The second kappa shape index (κ2) is 4.56. The van der Waals surface area contributed by atoms with Crippen LogP contribution in [0.4, 0.5) is 0 Å². The molecule has 0 aliphatic heterocycles. The number of hydrogen-bond acceptors (Lipinski definition) is 2. The summed E-state index contributed by atoms with van der Waals surface area (Å²) < 4.78 is 0. The van der Waals surface area contributed by atoms with Crippen LogP contribution >= 0.6 is 23.2 Å². The van der Waals surface area contributed by atoms with E-state index in [9.17, 15) is 0 Å². The summed E-state index contributed by atoms with van der Waals surface area (Å²) in [6.45, 7) is 0. The summed E-state index contributed by atoms with van der Waals surface area (Å²) in [5.74, 6) is 0. The van der Waals surface area contributed by atoms with Gasteiger partial charge in [-0.3, -0.25) is 0 Å². The van der Waals surface area contributed by atoms with Gasteiger partial charge in [0.1, 0.15) is 6.33 Å². The SMILES string of the molecule is Clc1cccc(-c2ncnc3ccccc23)c1Cl. The highest BCUT2D eigenvalue weighted by Crippen LogP contribution is 2.35. The van der Waals surface area contributed by atoms with Crippen molar-refractivity contribution in [1.29, 1.82) is 0 Å². The summed E-state index contributed by atoms with van der Waals surface area (Å²) in [6, 6.07) is 13.3. The summed E-state index contributed by atoms with van der Waals surface area (Å²) >= 11 is 12.3. The highest BCUT2D eigenvalue weighted by Gasteiger charge is 2.11. The van der Waals surface area contributed by atoms with Crippen LogP contribution in [0.15, 0.2) is 48.8 Å². The van der Waals surface area contributed by atoms with Crippen molar-refractivity contribution < 1.29 is 0 Å². The van der Waals surface area contributed by atoms with Gasteiger partial charge >= 0.3 is 0 Å². The first-order valence-electron chi connectivity index (χ1n) is 5.41. The van der Waals surface area contributed by atoms with Crippen molar-refractivity contribution in [3.8, 4) is 11.3 Å². The second-order valence-corrected chi connectivity index (χ2v) is 4.63. The molecule has 0 amide bonds. The van der Waals surface area contributed by atoms with Crippen LogP contribution < -0.4 is 0 Å². The lowest BCUT2D eigenvalue weighted by molar-refractivity contribution is 1.22. The molecule has 0 radical (unpaired) electrons. The fourth-order valence-electron chi connectivity index (χ4n) is 1.91. The smallest absolute Gasteiger partial charge is 0.116 e. The Kier molecular flexibility index (Phi) is 2.90. The average Bonchev–Trinajstić information content (AvgIpc) is 2.41. The molecule has 88 valence electrons. The molecule has 0 spiro atoms. The molecule has 2 nitrogen and oxygen atoms in total. The van der Waals surface area contributed by atoms with Crippen molar-refractivity contribution in [3.63, 3.8) is 0 Å². The Morgan fingerprint density at radius 1 is 0.833 bits per heavy atom. The molecule has 1 heterocycles. The van der Waals surface area contributed by atoms with Crippen molar-refractivity contribution in [1.82, 2.24) is 9.97 Å². The average molecular weight is 275 g/mol. The standard InChI is InChI=1S/C14H8Cl2N2/c15-11-6-3-5-10(13(11)16)14-9-4-1-2-7-12(9)17-8-18-14/h1-8H. The van der Waals surface area contributed by atoms with E-state index in [1.54, 1.807) is 6.07 Å². The molecule has 0 saturated heterocycles. The van der Waals surface area contributed by atoms with E-state index in [4.69, 9.17) is 23.2 Å². The molecule has 0 atom stereocenters. The molecule has 0 unspecified atom stereocenters. The topological polar surface area (TPSA) is 25.8 Å². The predicted octanol–water partition coefficient (Wildman–Crippen LogP) is 4.60. The number of nitrogens with zero attached hydrogens (tertiary/aromatic N) is 2. The number of hydrogen-bond donors (Lipinski definition) is 0. The Labute approximate surface area is 114 Å². The van der Waals surface area contributed by atoms with E-state index in [0.29, 0.717) is 10.0 Å². The number of rotatable bonds is 1. The molecule has 0 saturated carbocycles. The third-order valence-corrected chi connectivity index (χ3v) is 3.57. The van der Waals surface area contributed by atoms with E-state index < -0.39 is 0 Å². The largest absolute Gasteiger partial charge is 0.236 e. The molecule has 18 heavy (non-hydrogen) atoms. The fraction of sp³-hybridized carbons (Fsp3) is 0. The summed E-state index contributed by atoms with van der Waals surface area (Å²) in [5.41, 5.74) is 2.51. The van der Waals surface area contributed by atoms with Gasteiger partial charge in [0, 0.05) is 10.9 Å². The van der Waals surface area contributed by atoms with Crippen molar-refractivity contribution in [3.05, 3.63) is 58.8 Å². The third kappa shape index (κ3) is 1.84. The van der Waals surface area contributed by atoms with Gasteiger partial charge in [-0.05, 0) is 12.1 Å². The van der Waals surface area contributed by atoms with E-state index in [1.807, 2.05) is 36.4 Å². The fourth-order valence-corrected chi connectivity index (χ4v) is 2.30. The lowest BCUT2D eigenvalue weighted by Gasteiger charge is -2.07. The molecule has 3 rings (SSSR count). The minimum Gasteiger partial charge on any atom is -0.236 e. The van der Waals surface area contributed by atoms with Crippen LogP contribution in [0, 0.1) is 0 Å². The summed E-state index contributed by atoms with van der Waals surface area (Å²) in [4.78, 5) is 8.56. The highest BCUT2D eigenvalue weighted by atomic mass is 35.5. The summed E-state index contributed by atoms with van der Waals surface area (Å²) in [5, 5.41) is 2.00. The molecule has 3 aromatic rings. The van der Waals surface area contributed by atoms with Gasteiger partial charge in [-0.2, -0.15) is 0 Å². The van der Waals surface area contributed by atoms with Crippen LogP contribution in [0.1, 0.15) is 0 Å². The Balaban J connectivity index is 2.35. The van der Waals surface area contributed by atoms with Crippen LogP contribution in [-0.2, 0) is 0 Å². The number of para-hydroxylation sites is 1. The van der Waals surface area contributed by atoms with Crippen molar-refractivity contribution in [2.45, 2.75) is 0 Å². The molecule has 1 aromatic heterocycles. The van der Waals surface area contributed by atoms with Gasteiger partial charge in [0.25, 0.3) is 0 Å². The zero-order chi connectivity index (χ0) is 12.5. The third-order valence-electron chi connectivity index (χ3n) is 2.75. The summed E-state index contributed by atoms with van der Waals surface area (Å²) in [6.07, 6.45) is 1.54. The molecule has 4 heteroatoms. The minimum atomic E-state index is 0.517. The maximum atomic E-state index is 6.24. The van der Waals surface area contributed by atoms with E-state index in [-0.39, 0.29) is 0 Å². The van der Waals surface area contributed by atoms with Gasteiger partial charge in [-0.25, -0.2) is 9.97 Å². The number of halogens is 2. The first-order chi connectivity index (χ1) is 8.77. The lowest BCUT2D eigenvalue weighted by atomic mass is 10.1. The van der Waals surface area contributed by atoms with E-state index in [0.717, 1.165) is 22.2 Å². The first-order valence-corrected chi connectivity index (χ1v) is 6.17. The Hall–Kier alpha value is -1.64. The van der Waals surface area contributed by atoms with Gasteiger partial charge in [0.15, 0.2) is 0 Å². The number of fused-ring (bicyclic) bond motifs is 1. The lowest BCUT2D eigenvalue weighted by Crippen LogP contribution is -1.89. The molecule has 0 fully saturated rings. The normalized spacial score (nSPS) is 10.8. The van der Waals surface area contributed by atoms with Crippen LogP contribution in [0.25, 0.3) is 22.2 Å². The quantitative estimate of drug-likeness (QED) is 0.648. The maximum absolute atomic E-state index is 6.24. The van der Waals surface area contributed by atoms with E-state index in [1.165, 1.54) is 6.33 Å². The number of aromatic nitrogens is 2. The molecular formula is C14H8Cl2N2. The molecule has 0 aliphatic carbocycles. The molecule has 0 aliphatic rings. The second-order valence-electron chi connectivity index (χ2n) is 3.84.